The maximum Gasteiger partial charge on any atom is 0.261 e. The van der Waals surface area contributed by atoms with Crippen molar-refractivity contribution in [2.75, 3.05) is 13.1 Å². The van der Waals surface area contributed by atoms with Gasteiger partial charge in [0.25, 0.3) is 10.0 Å². The van der Waals surface area contributed by atoms with Crippen LogP contribution in [-0.4, -0.2) is 31.1 Å². The summed E-state index contributed by atoms with van der Waals surface area (Å²) in [7, 11) is -2.02. The average molecular weight is 239 g/mol. The minimum Gasteiger partial charge on any atom is -0.329 e. The van der Waals surface area contributed by atoms with Gasteiger partial charge in [-0.3, -0.25) is 0 Å². The fraction of sp³-hybridized carbons (Fsp3) is 0.500. The number of hydrogen-bond acceptors (Lipinski definition) is 4. The number of nitrogens with zero attached hydrogens (tertiary/aromatic N) is 2. The SMILES string of the molecule is Cn1cnc(S(=O)(=O)NCCN)c1Cl. The topological polar surface area (TPSA) is 90.0 Å². The Balaban J connectivity index is 2.99. The highest BCUT2D eigenvalue weighted by atomic mass is 35.5. The van der Waals surface area contributed by atoms with E-state index < -0.39 is 10.0 Å². The average Bonchev–Trinajstić information content (AvgIpc) is 2.45. The minimum absolute atomic E-state index is 0.0783. The van der Waals surface area contributed by atoms with Crippen molar-refractivity contribution in [1.29, 1.82) is 0 Å². The third-order valence-electron chi connectivity index (χ3n) is 1.53. The summed E-state index contributed by atoms with van der Waals surface area (Å²) in [5.41, 5.74) is 5.17. The van der Waals surface area contributed by atoms with Crippen molar-refractivity contribution in [3.05, 3.63) is 11.5 Å². The van der Waals surface area contributed by atoms with Gasteiger partial charge in [-0.25, -0.2) is 18.1 Å². The molecule has 3 N–H and O–H groups in total. The van der Waals surface area contributed by atoms with Crippen LogP contribution in [0.25, 0.3) is 0 Å². The van der Waals surface area contributed by atoms with E-state index in [0.717, 1.165) is 0 Å². The van der Waals surface area contributed by atoms with Crippen molar-refractivity contribution in [3.8, 4) is 0 Å². The standard InChI is InChI=1S/C6H11ClN4O2S/c1-11-4-9-6(5(11)7)14(12,13)10-3-2-8/h4,10H,2-3,8H2,1H3. The lowest BCUT2D eigenvalue weighted by Gasteiger charge is -2.02. The van der Waals surface area contributed by atoms with Crippen LogP contribution in [-0.2, 0) is 17.1 Å². The predicted octanol–water partition coefficient (Wildman–Crippen LogP) is -0.690. The van der Waals surface area contributed by atoms with Crippen molar-refractivity contribution in [2.45, 2.75) is 5.03 Å². The Morgan fingerprint density at radius 1 is 1.71 bits per heavy atom. The lowest BCUT2D eigenvalue weighted by molar-refractivity contribution is 0.579. The number of nitrogens with one attached hydrogen (secondary N) is 1. The molecule has 0 fully saturated rings. The van der Waals surface area contributed by atoms with Crippen LogP contribution in [0.3, 0.4) is 0 Å². The van der Waals surface area contributed by atoms with E-state index in [1.54, 1.807) is 7.05 Å². The number of halogens is 1. The molecule has 0 spiro atoms. The van der Waals surface area contributed by atoms with Gasteiger partial charge in [-0.15, -0.1) is 0 Å². The molecule has 0 atom stereocenters. The number of hydrogen-bond donors (Lipinski definition) is 2. The Morgan fingerprint density at radius 2 is 2.36 bits per heavy atom. The second-order valence-electron chi connectivity index (χ2n) is 2.64. The summed E-state index contributed by atoms with van der Waals surface area (Å²) < 4.78 is 26.7. The minimum atomic E-state index is -3.63. The van der Waals surface area contributed by atoms with Crippen LogP contribution in [0.2, 0.25) is 5.15 Å². The Morgan fingerprint density at radius 3 is 2.79 bits per heavy atom. The summed E-state index contributed by atoms with van der Waals surface area (Å²) in [6.07, 6.45) is 1.33. The van der Waals surface area contributed by atoms with Gasteiger partial charge in [-0.05, 0) is 0 Å². The lowest BCUT2D eigenvalue weighted by atomic mass is 10.7. The van der Waals surface area contributed by atoms with Gasteiger partial charge in [0.2, 0.25) is 5.03 Å². The Labute approximate surface area is 87.1 Å². The number of nitrogens with two attached hydrogens (primary N) is 1. The molecule has 8 heteroatoms. The van der Waals surface area contributed by atoms with Crippen LogP contribution in [0.1, 0.15) is 0 Å². The van der Waals surface area contributed by atoms with E-state index in [-0.39, 0.29) is 23.3 Å². The highest BCUT2D eigenvalue weighted by molar-refractivity contribution is 7.89. The van der Waals surface area contributed by atoms with Crippen molar-refractivity contribution in [1.82, 2.24) is 14.3 Å². The van der Waals surface area contributed by atoms with Gasteiger partial charge in [0.05, 0.1) is 6.33 Å². The number of aryl methyl sites for hydroxylation is 1. The molecule has 1 rings (SSSR count). The molecule has 1 heterocycles. The van der Waals surface area contributed by atoms with Gasteiger partial charge < -0.3 is 10.3 Å². The van der Waals surface area contributed by atoms with Gasteiger partial charge in [0.1, 0.15) is 5.15 Å². The van der Waals surface area contributed by atoms with Gasteiger partial charge in [-0.1, -0.05) is 11.6 Å². The Bertz CT molecular complexity index is 413. The lowest BCUT2D eigenvalue weighted by Crippen LogP contribution is -2.29. The molecule has 1 aromatic rings. The second-order valence-corrected chi connectivity index (χ2v) is 4.68. The van der Waals surface area contributed by atoms with E-state index in [2.05, 4.69) is 9.71 Å². The van der Waals surface area contributed by atoms with Crippen molar-refractivity contribution in [2.24, 2.45) is 12.8 Å². The molecule has 0 amide bonds. The molecule has 0 bridgehead atoms. The van der Waals surface area contributed by atoms with Crippen LogP contribution in [0.15, 0.2) is 11.4 Å². The van der Waals surface area contributed by atoms with Gasteiger partial charge in [0.15, 0.2) is 0 Å². The maximum absolute atomic E-state index is 11.5. The second kappa shape index (κ2) is 4.26. The molecular formula is C6H11ClN4O2S. The van der Waals surface area contributed by atoms with Crippen LogP contribution in [0, 0.1) is 0 Å². The molecule has 0 unspecified atom stereocenters. The number of aromatic nitrogens is 2. The normalized spacial score (nSPS) is 11.9. The van der Waals surface area contributed by atoms with Crippen molar-refractivity contribution in [3.63, 3.8) is 0 Å². The van der Waals surface area contributed by atoms with Crippen LogP contribution in [0.4, 0.5) is 0 Å². The predicted molar refractivity (Wildman–Crippen MR) is 52.5 cm³/mol. The molecule has 0 saturated heterocycles. The van der Waals surface area contributed by atoms with E-state index in [1.807, 2.05) is 0 Å². The third kappa shape index (κ3) is 2.24. The number of rotatable bonds is 4. The molecule has 0 aliphatic heterocycles. The zero-order valence-corrected chi connectivity index (χ0v) is 9.14. The highest BCUT2D eigenvalue weighted by Gasteiger charge is 2.21. The van der Waals surface area contributed by atoms with Gasteiger partial charge in [0, 0.05) is 20.1 Å². The van der Waals surface area contributed by atoms with Crippen LogP contribution in [0.5, 0.6) is 0 Å². The first-order valence-electron chi connectivity index (χ1n) is 3.85. The monoisotopic (exact) mass is 238 g/mol. The van der Waals surface area contributed by atoms with E-state index in [1.165, 1.54) is 10.9 Å². The molecule has 14 heavy (non-hydrogen) atoms. The fourth-order valence-electron chi connectivity index (χ4n) is 0.836. The Kier molecular flexibility index (Phi) is 3.48. The van der Waals surface area contributed by atoms with Gasteiger partial charge in [-0.2, -0.15) is 0 Å². The molecule has 6 nitrogen and oxygen atoms in total. The smallest absolute Gasteiger partial charge is 0.261 e. The summed E-state index contributed by atoms with van der Waals surface area (Å²) in [5.74, 6) is 0. The van der Waals surface area contributed by atoms with E-state index in [9.17, 15) is 8.42 Å². The first-order valence-corrected chi connectivity index (χ1v) is 5.71. The van der Waals surface area contributed by atoms with Crippen molar-refractivity contribution < 1.29 is 8.42 Å². The molecular weight excluding hydrogens is 228 g/mol. The quantitative estimate of drug-likeness (QED) is 0.727. The zero-order chi connectivity index (χ0) is 10.8. The van der Waals surface area contributed by atoms with E-state index in [4.69, 9.17) is 17.3 Å². The number of imidazole rings is 1. The van der Waals surface area contributed by atoms with Crippen LogP contribution < -0.4 is 10.5 Å². The summed E-state index contributed by atoms with van der Waals surface area (Å²) in [6.45, 7) is 0.388. The fourth-order valence-corrected chi connectivity index (χ4v) is 2.31. The molecule has 0 aliphatic rings. The van der Waals surface area contributed by atoms with E-state index in [0.29, 0.717) is 0 Å². The first-order chi connectivity index (χ1) is 6.49. The summed E-state index contributed by atoms with van der Waals surface area (Å²) in [4.78, 5) is 3.68. The molecule has 1 aromatic heterocycles. The largest absolute Gasteiger partial charge is 0.329 e. The van der Waals surface area contributed by atoms with E-state index >= 15 is 0 Å². The summed E-state index contributed by atoms with van der Waals surface area (Å²) >= 11 is 5.72. The maximum atomic E-state index is 11.5. The zero-order valence-electron chi connectivity index (χ0n) is 7.57. The molecule has 0 aromatic carbocycles. The third-order valence-corrected chi connectivity index (χ3v) is 3.47. The highest BCUT2D eigenvalue weighted by Crippen LogP contribution is 2.17. The van der Waals surface area contributed by atoms with Crippen LogP contribution >= 0.6 is 11.6 Å². The summed E-state index contributed by atoms with van der Waals surface area (Å²) in [6, 6.07) is 0. The first kappa shape index (κ1) is 11.4. The van der Waals surface area contributed by atoms with Gasteiger partial charge >= 0.3 is 0 Å². The molecule has 0 radical (unpaired) electrons. The molecule has 0 aliphatic carbocycles. The Hall–Kier alpha value is -0.630. The molecule has 80 valence electrons. The molecule has 0 saturated carbocycles. The summed E-state index contributed by atoms with van der Waals surface area (Å²) in [5, 5.41) is -0.0929. The van der Waals surface area contributed by atoms with Crippen molar-refractivity contribution >= 4 is 21.6 Å². The number of sulfonamides is 1.